The second-order valence-electron chi connectivity index (χ2n) is 8.64. The molecule has 0 saturated carbocycles. The molecule has 1 unspecified atom stereocenters. The molecule has 0 aliphatic rings. The second kappa shape index (κ2) is 9.57. The first-order valence-electron chi connectivity index (χ1n) is 10.0. The van der Waals surface area contributed by atoms with Crippen LogP contribution in [0, 0.1) is 19.3 Å². The lowest BCUT2D eigenvalue weighted by atomic mass is 9.83. The van der Waals surface area contributed by atoms with Crippen molar-refractivity contribution >= 4 is 27.7 Å². The molecule has 0 aliphatic heterocycles. The van der Waals surface area contributed by atoms with Gasteiger partial charge in [-0.2, -0.15) is 0 Å². The summed E-state index contributed by atoms with van der Waals surface area (Å²) in [6, 6.07) is 12.9. The number of amides is 2. The molecule has 0 aromatic heterocycles. The fraction of sp³-hybridized carbons (Fsp3) is 0.417. The molecule has 5 heteroatoms. The topological polar surface area (TPSA) is 49.4 Å². The Bertz CT molecular complexity index is 866. The maximum atomic E-state index is 13.6. The quantitative estimate of drug-likeness (QED) is 0.552. The third-order valence-electron chi connectivity index (χ3n) is 4.90. The predicted octanol–water partition coefficient (Wildman–Crippen LogP) is 6.07. The Kier molecular flexibility index (Phi) is 7.64. The zero-order chi connectivity index (χ0) is 21.8. The summed E-state index contributed by atoms with van der Waals surface area (Å²) in [7, 11) is 0. The van der Waals surface area contributed by atoms with Crippen LogP contribution in [0.3, 0.4) is 0 Å². The summed E-state index contributed by atoms with van der Waals surface area (Å²) in [5.41, 5.74) is 5.84. The molecule has 0 bridgehead atoms. The van der Waals surface area contributed by atoms with Crippen LogP contribution in [0.25, 0.3) is 0 Å². The number of hydrazine groups is 1. The van der Waals surface area contributed by atoms with E-state index < -0.39 is 0 Å². The number of benzene rings is 2. The fourth-order valence-electron chi connectivity index (χ4n) is 3.55. The molecular formula is C24H31BrN2O2. The van der Waals surface area contributed by atoms with E-state index in [0.717, 1.165) is 24.0 Å². The maximum absolute atomic E-state index is 13.6. The Morgan fingerprint density at radius 2 is 1.66 bits per heavy atom. The highest BCUT2D eigenvalue weighted by Crippen LogP contribution is 2.29. The van der Waals surface area contributed by atoms with E-state index >= 15 is 0 Å². The van der Waals surface area contributed by atoms with Gasteiger partial charge in [0.15, 0.2) is 0 Å². The Morgan fingerprint density at radius 3 is 2.17 bits per heavy atom. The zero-order valence-corrected chi connectivity index (χ0v) is 19.8. The van der Waals surface area contributed by atoms with E-state index in [9.17, 15) is 9.59 Å². The van der Waals surface area contributed by atoms with E-state index in [2.05, 4.69) is 49.1 Å². The third kappa shape index (κ3) is 5.92. The summed E-state index contributed by atoms with van der Waals surface area (Å²) < 4.78 is 0.694. The molecular weight excluding hydrogens is 428 g/mol. The van der Waals surface area contributed by atoms with E-state index in [1.165, 1.54) is 0 Å². The van der Waals surface area contributed by atoms with Crippen LogP contribution in [-0.4, -0.2) is 22.9 Å². The van der Waals surface area contributed by atoms with E-state index in [1.807, 2.05) is 50.2 Å². The Morgan fingerprint density at radius 1 is 1.07 bits per heavy atom. The third-order valence-corrected chi connectivity index (χ3v) is 5.59. The normalized spacial score (nSPS) is 12.4. The lowest BCUT2D eigenvalue weighted by molar-refractivity contribution is 0.0270. The van der Waals surface area contributed by atoms with Gasteiger partial charge in [-0.05, 0) is 65.9 Å². The lowest BCUT2D eigenvalue weighted by Crippen LogP contribution is -2.56. The van der Waals surface area contributed by atoms with Crippen LogP contribution in [-0.2, 0) is 0 Å². The van der Waals surface area contributed by atoms with Crippen LogP contribution in [0.15, 0.2) is 46.9 Å². The molecule has 0 fully saturated rings. The number of nitrogens with one attached hydrogen (secondary N) is 1. The Hall–Kier alpha value is -2.14. The number of carbonyl (C=O) groups excluding carboxylic acids is 2. The molecule has 2 aromatic rings. The molecule has 1 atom stereocenters. The summed E-state index contributed by atoms with van der Waals surface area (Å²) in [4.78, 5) is 26.6. The molecule has 2 amide bonds. The molecule has 4 nitrogen and oxygen atoms in total. The van der Waals surface area contributed by atoms with Crippen LogP contribution in [0.2, 0.25) is 0 Å². The van der Waals surface area contributed by atoms with Crippen molar-refractivity contribution in [3.8, 4) is 0 Å². The molecule has 29 heavy (non-hydrogen) atoms. The van der Waals surface area contributed by atoms with Crippen molar-refractivity contribution in [3.63, 3.8) is 0 Å². The number of rotatable bonds is 5. The summed E-state index contributed by atoms with van der Waals surface area (Å²) in [5.74, 6) is -0.494. The number of hydrogen-bond acceptors (Lipinski definition) is 2. The number of carbonyl (C=O) groups is 2. The van der Waals surface area contributed by atoms with Gasteiger partial charge in [0.05, 0.1) is 11.6 Å². The number of nitrogens with zero attached hydrogens (tertiary/aromatic N) is 1. The van der Waals surface area contributed by atoms with Gasteiger partial charge < -0.3 is 0 Å². The fourth-order valence-corrected chi connectivity index (χ4v) is 4.01. The molecule has 0 saturated heterocycles. The highest BCUT2D eigenvalue weighted by atomic mass is 79.9. The van der Waals surface area contributed by atoms with Crippen molar-refractivity contribution in [2.75, 3.05) is 0 Å². The molecule has 0 spiro atoms. The van der Waals surface area contributed by atoms with Crippen LogP contribution in [0.4, 0.5) is 0 Å². The van der Waals surface area contributed by atoms with Crippen LogP contribution in [0.1, 0.15) is 72.4 Å². The van der Waals surface area contributed by atoms with Gasteiger partial charge in [-0.1, -0.05) is 63.4 Å². The van der Waals surface area contributed by atoms with Crippen molar-refractivity contribution in [1.29, 1.82) is 0 Å². The highest BCUT2D eigenvalue weighted by molar-refractivity contribution is 9.10. The maximum Gasteiger partial charge on any atom is 0.272 e. The number of aryl methyl sites for hydroxylation is 2. The highest BCUT2D eigenvalue weighted by Gasteiger charge is 2.35. The Labute approximate surface area is 182 Å². The minimum atomic E-state index is -0.305. The first-order chi connectivity index (χ1) is 13.5. The summed E-state index contributed by atoms with van der Waals surface area (Å²) >= 11 is 3.43. The molecule has 0 heterocycles. The van der Waals surface area contributed by atoms with Crippen molar-refractivity contribution in [2.24, 2.45) is 5.41 Å². The summed E-state index contributed by atoms with van der Waals surface area (Å²) in [6.45, 7) is 12.3. The van der Waals surface area contributed by atoms with Crippen LogP contribution in [0.5, 0.6) is 0 Å². The van der Waals surface area contributed by atoms with Gasteiger partial charge >= 0.3 is 0 Å². The van der Waals surface area contributed by atoms with Gasteiger partial charge in [0.1, 0.15) is 0 Å². The largest absolute Gasteiger partial charge is 0.272 e. The van der Waals surface area contributed by atoms with Crippen molar-refractivity contribution < 1.29 is 9.59 Å². The standard InChI is InChI=1S/C24H31BrN2O2/c1-7-10-21(24(4,5)6)27(23(29)18-14-16(2)13-17(3)15-18)26-22(28)19-11-8-9-12-20(19)25/h8-9,11-15,21H,7,10H2,1-6H3,(H,26,28). The van der Waals surface area contributed by atoms with Gasteiger partial charge in [-0.25, -0.2) is 5.01 Å². The second-order valence-corrected chi connectivity index (χ2v) is 9.50. The Balaban J connectivity index is 2.48. The van der Waals surface area contributed by atoms with Crippen molar-refractivity contribution in [3.05, 3.63) is 69.2 Å². The van der Waals surface area contributed by atoms with E-state index in [4.69, 9.17) is 0 Å². The molecule has 0 radical (unpaired) electrons. The molecule has 2 rings (SSSR count). The van der Waals surface area contributed by atoms with Gasteiger partial charge in [-0.15, -0.1) is 0 Å². The van der Waals surface area contributed by atoms with Gasteiger partial charge in [0.2, 0.25) is 0 Å². The first kappa shape index (κ1) is 23.1. The smallest absolute Gasteiger partial charge is 0.267 e. The predicted molar refractivity (Wildman–Crippen MR) is 122 cm³/mol. The summed E-state index contributed by atoms with van der Waals surface area (Å²) in [5, 5.41) is 1.54. The van der Waals surface area contributed by atoms with E-state index in [1.54, 1.807) is 11.1 Å². The monoisotopic (exact) mass is 458 g/mol. The van der Waals surface area contributed by atoms with E-state index in [-0.39, 0.29) is 23.3 Å². The zero-order valence-electron chi connectivity index (χ0n) is 18.2. The number of hydrogen-bond donors (Lipinski definition) is 1. The lowest BCUT2D eigenvalue weighted by Gasteiger charge is -2.40. The minimum Gasteiger partial charge on any atom is -0.267 e. The average Bonchev–Trinajstić information content (AvgIpc) is 2.62. The van der Waals surface area contributed by atoms with Crippen molar-refractivity contribution in [2.45, 2.75) is 60.4 Å². The van der Waals surface area contributed by atoms with Crippen LogP contribution < -0.4 is 5.43 Å². The first-order valence-corrected chi connectivity index (χ1v) is 10.8. The SMILES string of the molecule is CCCC(N(NC(=O)c1ccccc1Br)C(=O)c1cc(C)cc(C)c1)C(C)(C)C. The molecule has 156 valence electrons. The average molecular weight is 459 g/mol. The number of halogens is 1. The molecule has 2 aromatic carbocycles. The van der Waals surface area contributed by atoms with E-state index in [0.29, 0.717) is 15.6 Å². The molecule has 1 N–H and O–H groups in total. The minimum absolute atomic E-state index is 0.146. The van der Waals surface area contributed by atoms with Gasteiger partial charge in [-0.3, -0.25) is 15.0 Å². The van der Waals surface area contributed by atoms with Gasteiger partial charge in [0, 0.05) is 10.0 Å². The van der Waals surface area contributed by atoms with Gasteiger partial charge in [0.25, 0.3) is 11.8 Å². The van der Waals surface area contributed by atoms with Crippen molar-refractivity contribution in [1.82, 2.24) is 10.4 Å². The summed E-state index contributed by atoms with van der Waals surface area (Å²) in [6.07, 6.45) is 1.69. The van der Waals surface area contributed by atoms with Crippen LogP contribution >= 0.6 is 15.9 Å². The molecule has 0 aliphatic carbocycles.